The number of carbonyl (C=O) groups is 1. The maximum atomic E-state index is 12.3. The van der Waals surface area contributed by atoms with Gasteiger partial charge in [-0.15, -0.1) is 0 Å². The van der Waals surface area contributed by atoms with Crippen molar-refractivity contribution < 1.29 is 4.79 Å². The molecule has 1 fully saturated rings. The Bertz CT molecular complexity index is 814. The molecule has 0 aromatic carbocycles. The van der Waals surface area contributed by atoms with E-state index < -0.39 is 0 Å². The van der Waals surface area contributed by atoms with Crippen molar-refractivity contribution in [3.63, 3.8) is 0 Å². The minimum Gasteiger partial charge on any atom is -0.355 e. The Kier molecular flexibility index (Phi) is 5.74. The van der Waals surface area contributed by atoms with Crippen LogP contribution in [0.2, 0.25) is 0 Å². The number of amides is 1. The summed E-state index contributed by atoms with van der Waals surface area (Å²) >= 11 is 0. The van der Waals surface area contributed by atoms with Crippen molar-refractivity contribution in [3.8, 4) is 0 Å². The van der Waals surface area contributed by atoms with Crippen LogP contribution in [0.4, 0.5) is 5.82 Å². The molecule has 1 N–H and O–H groups in total. The van der Waals surface area contributed by atoms with Gasteiger partial charge in [0.25, 0.3) is 5.91 Å². The topological polar surface area (TPSA) is 79.2 Å². The minimum atomic E-state index is -0.166. The molecule has 3 rings (SSSR count). The van der Waals surface area contributed by atoms with Crippen LogP contribution in [-0.2, 0) is 13.1 Å². The van der Waals surface area contributed by atoms with Gasteiger partial charge >= 0.3 is 0 Å². The van der Waals surface area contributed by atoms with Gasteiger partial charge in [0.15, 0.2) is 0 Å². The van der Waals surface area contributed by atoms with Gasteiger partial charge in [-0.1, -0.05) is 0 Å². The molecular formula is C19H29N7O. The van der Waals surface area contributed by atoms with Crippen LogP contribution in [0.15, 0.2) is 12.5 Å². The average molecular weight is 371 g/mol. The van der Waals surface area contributed by atoms with E-state index in [1.165, 1.54) is 10.6 Å². The Hall–Kier alpha value is -2.48. The fourth-order valence-electron chi connectivity index (χ4n) is 3.37. The number of carbonyl (C=O) groups excluding carboxylic acids is 1. The summed E-state index contributed by atoms with van der Waals surface area (Å²) in [5, 5.41) is 3.63. The van der Waals surface area contributed by atoms with Crippen LogP contribution in [0.5, 0.6) is 0 Å². The molecule has 3 heterocycles. The molecule has 0 radical (unpaired) electrons. The van der Waals surface area contributed by atoms with Crippen LogP contribution in [-0.4, -0.2) is 63.6 Å². The molecule has 8 nitrogen and oxygen atoms in total. The molecule has 2 aromatic heterocycles. The molecular weight excluding hydrogens is 342 g/mol. The Labute approximate surface area is 160 Å². The summed E-state index contributed by atoms with van der Waals surface area (Å²) in [5.74, 6) is 0.970. The number of imidazole rings is 1. The highest BCUT2D eigenvalue weighted by Gasteiger charge is 2.26. The normalized spacial score (nSPS) is 16.8. The third-order valence-electron chi connectivity index (χ3n) is 5.16. The average Bonchev–Trinajstić information content (AvgIpc) is 3.30. The molecule has 146 valence electrons. The lowest BCUT2D eigenvalue weighted by Crippen LogP contribution is -2.33. The predicted molar refractivity (Wildman–Crippen MR) is 105 cm³/mol. The highest BCUT2D eigenvalue weighted by atomic mass is 16.2. The van der Waals surface area contributed by atoms with Crippen molar-refractivity contribution in [1.82, 2.24) is 29.7 Å². The number of aromatic nitrogens is 4. The maximum Gasteiger partial charge on any atom is 0.291 e. The van der Waals surface area contributed by atoms with Crippen LogP contribution in [0, 0.1) is 13.8 Å². The molecule has 0 bridgehead atoms. The van der Waals surface area contributed by atoms with Crippen LogP contribution in [0.3, 0.4) is 0 Å². The zero-order chi connectivity index (χ0) is 19.6. The first-order chi connectivity index (χ1) is 12.9. The molecule has 2 aromatic rings. The predicted octanol–water partition coefficient (Wildman–Crippen LogP) is 1.38. The van der Waals surface area contributed by atoms with Crippen molar-refractivity contribution >= 4 is 11.7 Å². The first kappa shape index (κ1) is 19.3. The molecule has 0 aliphatic carbocycles. The van der Waals surface area contributed by atoms with Gasteiger partial charge < -0.3 is 19.7 Å². The molecule has 8 heteroatoms. The second-order valence-corrected chi connectivity index (χ2v) is 7.26. The van der Waals surface area contributed by atoms with E-state index in [4.69, 9.17) is 0 Å². The molecule has 27 heavy (non-hydrogen) atoms. The van der Waals surface area contributed by atoms with E-state index in [9.17, 15) is 4.79 Å². The number of hydrogen-bond donors (Lipinski definition) is 1. The summed E-state index contributed by atoms with van der Waals surface area (Å²) in [4.78, 5) is 29.3. The summed E-state index contributed by atoms with van der Waals surface area (Å²) in [5.41, 5.74) is 3.09. The van der Waals surface area contributed by atoms with E-state index in [2.05, 4.69) is 36.7 Å². The van der Waals surface area contributed by atoms with Gasteiger partial charge in [0, 0.05) is 63.8 Å². The van der Waals surface area contributed by atoms with Gasteiger partial charge in [0.2, 0.25) is 5.82 Å². The fraction of sp³-hybridized carbons (Fsp3) is 0.579. The van der Waals surface area contributed by atoms with Gasteiger partial charge in [-0.25, -0.2) is 15.0 Å². The van der Waals surface area contributed by atoms with Gasteiger partial charge in [0.1, 0.15) is 5.82 Å². The van der Waals surface area contributed by atoms with Gasteiger partial charge in [-0.05, 0) is 27.2 Å². The summed E-state index contributed by atoms with van der Waals surface area (Å²) in [6.45, 7) is 9.59. The summed E-state index contributed by atoms with van der Waals surface area (Å²) in [6, 6.07) is 0.382. The number of nitrogens with one attached hydrogen (secondary N) is 1. The van der Waals surface area contributed by atoms with E-state index in [0.717, 1.165) is 49.7 Å². The lowest BCUT2D eigenvalue weighted by Gasteiger charge is -2.22. The molecule has 1 atom stereocenters. The number of nitrogens with zero attached hydrogens (tertiary/aromatic N) is 6. The summed E-state index contributed by atoms with van der Waals surface area (Å²) in [7, 11) is 3.44. The third kappa shape index (κ3) is 4.10. The molecule has 1 saturated heterocycles. The van der Waals surface area contributed by atoms with Crippen molar-refractivity contribution in [3.05, 3.63) is 35.3 Å². The zero-order valence-corrected chi connectivity index (χ0v) is 16.9. The van der Waals surface area contributed by atoms with Gasteiger partial charge in [-0.2, -0.15) is 0 Å². The minimum absolute atomic E-state index is 0.166. The summed E-state index contributed by atoms with van der Waals surface area (Å²) < 4.78 is 2.15. The number of anilines is 1. The smallest absolute Gasteiger partial charge is 0.291 e. The molecule has 1 aliphatic rings. The highest BCUT2D eigenvalue weighted by Crippen LogP contribution is 2.24. The lowest BCUT2D eigenvalue weighted by molar-refractivity contribution is 0.0815. The number of rotatable bonds is 6. The number of aryl methyl sites for hydroxylation is 2. The van der Waals surface area contributed by atoms with Gasteiger partial charge in [-0.3, -0.25) is 4.79 Å². The fourth-order valence-corrected chi connectivity index (χ4v) is 3.37. The van der Waals surface area contributed by atoms with Crippen molar-refractivity contribution in [2.24, 2.45) is 0 Å². The Balaban J connectivity index is 1.70. The van der Waals surface area contributed by atoms with Crippen LogP contribution >= 0.6 is 0 Å². The quantitative estimate of drug-likeness (QED) is 0.826. The molecule has 0 spiro atoms. The highest BCUT2D eigenvalue weighted by molar-refractivity contribution is 5.90. The second kappa shape index (κ2) is 8.04. The molecule has 0 saturated carbocycles. The van der Waals surface area contributed by atoms with E-state index in [-0.39, 0.29) is 11.7 Å². The van der Waals surface area contributed by atoms with Crippen molar-refractivity contribution in [2.45, 2.75) is 46.3 Å². The van der Waals surface area contributed by atoms with Crippen molar-refractivity contribution in [1.29, 1.82) is 0 Å². The largest absolute Gasteiger partial charge is 0.355 e. The zero-order valence-electron chi connectivity index (χ0n) is 16.9. The van der Waals surface area contributed by atoms with E-state index >= 15 is 0 Å². The Morgan fingerprint density at radius 2 is 2.11 bits per heavy atom. The van der Waals surface area contributed by atoms with Crippen LogP contribution in [0.25, 0.3) is 0 Å². The number of hydrogen-bond acceptors (Lipinski definition) is 6. The molecule has 0 unspecified atom stereocenters. The van der Waals surface area contributed by atoms with E-state index in [1.54, 1.807) is 14.1 Å². The Morgan fingerprint density at radius 1 is 1.33 bits per heavy atom. The van der Waals surface area contributed by atoms with Crippen molar-refractivity contribution in [2.75, 3.05) is 32.1 Å². The molecule has 1 amide bonds. The first-order valence-electron chi connectivity index (χ1n) is 9.45. The lowest BCUT2D eigenvalue weighted by atomic mass is 10.2. The van der Waals surface area contributed by atoms with Gasteiger partial charge in [0.05, 0.1) is 12.0 Å². The van der Waals surface area contributed by atoms with E-state index in [1.807, 2.05) is 26.4 Å². The third-order valence-corrected chi connectivity index (χ3v) is 5.16. The Morgan fingerprint density at radius 3 is 2.81 bits per heavy atom. The van der Waals surface area contributed by atoms with Crippen LogP contribution in [0.1, 0.15) is 40.9 Å². The standard InChI is InChI=1S/C19H29N7O/c1-6-25-12-20-9-16(25)10-21-15-7-8-26(11-15)18-13(2)14(3)22-17(23-18)19(27)24(4)5/h9,12,15,21H,6-8,10-11H2,1-5H3/t15-/m1/s1. The molecule has 1 aliphatic heterocycles. The SMILES string of the molecule is CCn1cncc1CN[C@@H]1CCN(c2nc(C(=O)N(C)C)nc(C)c2C)C1. The van der Waals surface area contributed by atoms with E-state index in [0.29, 0.717) is 6.04 Å². The maximum absolute atomic E-state index is 12.3. The second-order valence-electron chi connectivity index (χ2n) is 7.26. The monoisotopic (exact) mass is 371 g/mol. The summed E-state index contributed by atoms with van der Waals surface area (Å²) in [6.07, 6.45) is 4.83. The van der Waals surface area contributed by atoms with Crippen LogP contribution < -0.4 is 10.2 Å². The first-order valence-corrected chi connectivity index (χ1v) is 9.45.